The van der Waals surface area contributed by atoms with Gasteiger partial charge in [0, 0.05) is 6.04 Å². The van der Waals surface area contributed by atoms with E-state index in [2.05, 4.69) is 21.2 Å². The van der Waals surface area contributed by atoms with Crippen molar-refractivity contribution in [3.63, 3.8) is 0 Å². The first-order valence-electron chi connectivity index (χ1n) is 9.83. The molecule has 2 aromatic carbocycles. The zero-order valence-corrected chi connectivity index (χ0v) is 16.4. The van der Waals surface area contributed by atoms with Gasteiger partial charge < -0.3 is 10.6 Å². The van der Waals surface area contributed by atoms with E-state index in [4.69, 9.17) is 0 Å². The number of hydrogen-bond acceptors (Lipinski definition) is 4. The summed E-state index contributed by atoms with van der Waals surface area (Å²) in [5.41, 5.74) is 3.20. The number of halogens is 1. The topological polar surface area (TPSA) is 99.7 Å². The highest BCUT2D eigenvalue weighted by Gasteiger charge is 2.20. The van der Waals surface area contributed by atoms with E-state index >= 15 is 0 Å². The predicted molar refractivity (Wildman–Crippen MR) is 112 cm³/mol. The van der Waals surface area contributed by atoms with E-state index in [0.29, 0.717) is 11.1 Å². The molecule has 0 bridgehead atoms. The lowest BCUT2D eigenvalue weighted by molar-refractivity contribution is -0.136. The van der Waals surface area contributed by atoms with Gasteiger partial charge in [-0.1, -0.05) is 43.5 Å². The third kappa shape index (κ3) is 5.97. The van der Waals surface area contributed by atoms with Crippen molar-refractivity contribution in [2.24, 2.45) is 5.10 Å². The smallest absolute Gasteiger partial charge is 0.329 e. The Kier molecular flexibility index (Phi) is 7.26. The van der Waals surface area contributed by atoms with Crippen LogP contribution in [0.3, 0.4) is 0 Å². The SMILES string of the molecule is O=C(N/N=C/c1ccc(F)cc1)C(=O)Nc1ccccc1C(=O)NC1CCCCC1. The van der Waals surface area contributed by atoms with Crippen molar-refractivity contribution in [3.8, 4) is 0 Å². The molecule has 0 heterocycles. The van der Waals surface area contributed by atoms with Gasteiger partial charge in [-0.25, -0.2) is 9.82 Å². The molecular formula is C22H23FN4O3. The number of nitrogens with one attached hydrogen (secondary N) is 3. The summed E-state index contributed by atoms with van der Waals surface area (Å²) < 4.78 is 12.9. The number of carbonyl (C=O) groups excluding carboxylic acids is 3. The van der Waals surface area contributed by atoms with Gasteiger partial charge >= 0.3 is 11.8 Å². The third-order valence-electron chi connectivity index (χ3n) is 4.82. The Morgan fingerprint density at radius 1 is 0.933 bits per heavy atom. The lowest BCUT2D eigenvalue weighted by atomic mass is 9.95. The largest absolute Gasteiger partial charge is 0.349 e. The monoisotopic (exact) mass is 410 g/mol. The fraction of sp³-hybridized carbons (Fsp3) is 0.273. The quantitative estimate of drug-likeness (QED) is 0.401. The van der Waals surface area contributed by atoms with Crippen molar-refractivity contribution >= 4 is 29.6 Å². The van der Waals surface area contributed by atoms with Gasteiger partial charge in [-0.3, -0.25) is 14.4 Å². The van der Waals surface area contributed by atoms with Crippen LogP contribution in [0.15, 0.2) is 53.6 Å². The number of hydrogen-bond donors (Lipinski definition) is 3. The van der Waals surface area contributed by atoms with E-state index in [0.717, 1.165) is 25.7 Å². The van der Waals surface area contributed by atoms with Gasteiger partial charge in [0.25, 0.3) is 5.91 Å². The summed E-state index contributed by atoms with van der Waals surface area (Å²) in [6, 6.07) is 12.1. The number of para-hydroxylation sites is 1. The minimum Gasteiger partial charge on any atom is -0.349 e. The summed E-state index contributed by atoms with van der Waals surface area (Å²) in [6.07, 6.45) is 6.52. The fourth-order valence-corrected chi connectivity index (χ4v) is 3.24. The van der Waals surface area contributed by atoms with Crippen LogP contribution in [0.1, 0.15) is 48.0 Å². The maximum absolute atomic E-state index is 12.9. The Labute approximate surface area is 173 Å². The van der Waals surface area contributed by atoms with E-state index in [1.165, 1.54) is 36.9 Å². The van der Waals surface area contributed by atoms with Gasteiger partial charge in [-0.05, 0) is 42.7 Å². The normalized spacial score (nSPS) is 14.3. The maximum atomic E-state index is 12.9. The fourth-order valence-electron chi connectivity index (χ4n) is 3.24. The summed E-state index contributed by atoms with van der Waals surface area (Å²) >= 11 is 0. The van der Waals surface area contributed by atoms with Crippen molar-refractivity contribution in [2.45, 2.75) is 38.1 Å². The highest BCUT2D eigenvalue weighted by molar-refractivity contribution is 6.40. The van der Waals surface area contributed by atoms with Crippen molar-refractivity contribution in [3.05, 3.63) is 65.5 Å². The number of rotatable bonds is 5. The molecule has 7 nitrogen and oxygen atoms in total. The van der Waals surface area contributed by atoms with E-state index in [1.807, 2.05) is 0 Å². The third-order valence-corrected chi connectivity index (χ3v) is 4.82. The molecule has 2 aromatic rings. The number of amides is 3. The minimum absolute atomic E-state index is 0.124. The molecule has 0 saturated heterocycles. The number of anilines is 1. The van der Waals surface area contributed by atoms with Crippen molar-refractivity contribution in [1.29, 1.82) is 0 Å². The first-order valence-corrected chi connectivity index (χ1v) is 9.83. The molecule has 8 heteroatoms. The summed E-state index contributed by atoms with van der Waals surface area (Å²) in [5, 5.41) is 9.12. The highest BCUT2D eigenvalue weighted by atomic mass is 19.1. The predicted octanol–water partition coefficient (Wildman–Crippen LogP) is 2.98. The van der Waals surface area contributed by atoms with Crippen LogP contribution in [0.4, 0.5) is 10.1 Å². The summed E-state index contributed by atoms with van der Waals surface area (Å²) in [7, 11) is 0. The van der Waals surface area contributed by atoms with Crippen LogP contribution in [0.2, 0.25) is 0 Å². The van der Waals surface area contributed by atoms with Crippen molar-refractivity contribution < 1.29 is 18.8 Å². The second-order valence-electron chi connectivity index (χ2n) is 7.06. The van der Waals surface area contributed by atoms with Crippen LogP contribution < -0.4 is 16.1 Å². The first kappa shape index (κ1) is 21.2. The van der Waals surface area contributed by atoms with E-state index in [-0.39, 0.29) is 23.5 Å². The van der Waals surface area contributed by atoms with Gasteiger partial charge in [-0.2, -0.15) is 5.10 Å². The van der Waals surface area contributed by atoms with Crippen LogP contribution in [0, 0.1) is 5.82 Å². The molecule has 0 unspecified atom stereocenters. The Morgan fingerprint density at radius 3 is 2.37 bits per heavy atom. The van der Waals surface area contributed by atoms with Gasteiger partial charge in [0.2, 0.25) is 0 Å². The van der Waals surface area contributed by atoms with Crippen LogP contribution in [-0.4, -0.2) is 30.0 Å². The molecule has 1 aliphatic rings. The average molecular weight is 410 g/mol. The molecule has 3 rings (SSSR count). The molecule has 0 atom stereocenters. The average Bonchev–Trinajstić information content (AvgIpc) is 2.76. The van der Waals surface area contributed by atoms with Crippen LogP contribution >= 0.6 is 0 Å². The summed E-state index contributed by atoms with van der Waals surface area (Å²) in [6.45, 7) is 0. The molecule has 1 fully saturated rings. The molecule has 3 N–H and O–H groups in total. The molecule has 0 radical (unpaired) electrons. The molecule has 156 valence electrons. The number of hydrazone groups is 1. The second kappa shape index (κ2) is 10.3. The Balaban J connectivity index is 1.58. The highest BCUT2D eigenvalue weighted by Crippen LogP contribution is 2.20. The minimum atomic E-state index is -0.990. The second-order valence-corrected chi connectivity index (χ2v) is 7.06. The molecule has 3 amide bonds. The van der Waals surface area contributed by atoms with E-state index < -0.39 is 11.8 Å². The maximum Gasteiger partial charge on any atom is 0.329 e. The standard InChI is InChI=1S/C22H23FN4O3/c23-16-12-10-15(11-13-16)14-24-27-22(30)21(29)26-19-9-5-4-8-18(19)20(28)25-17-6-2-1-3-7-17/h4-5,8-14,17H,1-3,6-7H2,(H,25,28)(H,26,29)(H,27,30)/b24-14+. The Hall–Kier alpha value is -3.55. The van der Waals surface area contributed by atoms with E-state index in [9.17, 15) is 18.8 Å². The summed E-state index contributed by atoms with van der Waals surface area (Å²) in [4.78, 5) is 36.8. The number of benzene rings is 2. The van der Waals surface area contributed by atoms with Crippen LogP contribution in [-0.2, 0) is 9.59 Å². The molecule has 30 heavy (non-hydrogen) atoms. The zero-order chi connectivity index (χ0) is 21.3. The number of carbonyl (C=O) groups is 3. The van der Waals surface area contributed by atoms with Gasteiger partial charge in [-0.15, -0.1) is 0 Å². The van der Waals surface area contributed by atoms with E-state index in [1.54, 1.807) is 24.3 Å². The van der Waals surface area contributed by atoms with Gasteiger partial charge in [0.05, 0.1) is 17.5 Å². The van der Waals surface area contributed by atoms with Crippen molar-refractivity contribution in [2.75, 3.05) is 5.32 Å². The zero-order valence-electron chi connectivity index (χ0n) is 16.4. The van der Waals surface area contributed by atoms with Crippen LogP contribution in [0.25, 0.3) is 0 Å². The van der Waals surface area contributed by atoms with Crippen molar-refractivity contribution in [1.82, 2.24) is 10.7 Å². The van der Waals surface area contributed by atoms with Gasteiger partial charge in [0.15, 0.2) is 0 Å². The Bertz CT molecular complexity index is 938. The van der Waals surface area contributed by atoms with Gasteiger partial charge in [0.1, 0.15) is 5.82 Å². The molecule has 0 aromatic heterocycles. The molecule has 0 spiro atoms. The lowest BCUT2D eigenvalue weighted by Gasteiger charge is -2.23. The number of nitrogens with zero attached hydrogens (tertiary/aromatic N) is 1. The summed E-state index contributed by atoms with van der Waals surface area (Å²) in [5.74, 6) is -2.62. The first-order chi connectivity index (χ1) is 14.5. The molecular weight excluding hydrogens is 387 g/mol. The molecule has 1 saturated carbocycles. The molecule has 1 aliphatic carbocycles. The Morgan fingerprint density at radius 2 is 1.63 bits per heavy atom. The lowest BCUT2D eigenvalue weighted by Crippen LogP contribution is -2.37. The van der Waals surface area contributed by atoms with Crippen LogP contribution in [0.5, 0.6) is 0 Å². The molecule has 0 aliphatic heterocycles.